The van der Waals surface area contributed by atoms with Crippen molar-refractivity contribution < 1.29 is 4.74 Å². The van der Waals surface area contributed by atoms with E-state index in [1.54, 1.807) is 0 Å². The van der Waals surface area contributed by atoms with Crippen molar-refractivity contribution in [3.05, 3.63) is 0 Å². The van der Waals surface area contributed by atoms with Crippen molar-refractivity contribution in [2.24, 2.45) is 4.99 Å². The summed E-state index contributed by atoms with van der Waals surface area (Å²) in [6, 6.07) is 0. The Bertz CT molecular complexity index is 282. The summed E-state index contributed by atoms with van der Waals surface area (Å²) in [5.74, 6) is 0.898. The van der Waals surface area contributed by atoms with Crippen LogP contribution in [0.3, 0.4) is 0 Å². The number of hydrogen-bond acceptors (Lipinski definition) is 3. The minimum absolute atomic E-state index is 0.360. The molecule has 1 unspecified atom stereocenters. The summed E-state index contributed by atoms with van der Waals surface area (Å²) in [4.78, 5) is 6.83. The molecule has 2 fully saturated rings. The fourth-order valence-corrected chi connectivity index (χ4v) is 2.93. The maximum absolute atomic E-state index is 5.61. The number of likely N-dealkylation sites (tertiary alicyclic amines) is 1. The van der Waals surface area contributed by atoms with E-state index < -0.39 is 0 Å². The van der Waals surface area contributed by atoms with E-state index in [1.807, 2.05) is 7.05 Å². The predicted octanol–water partition coefficient (Wildman–Crippen LogP) is 1.21. The van der Waals surface area contributed by atoms with Gasteiger partial charge in [0.15, 0.2) is 5.96 Å². The van der Waals surface area contributed by atoms with E-state index in [0.717, 1.165) is 38.6 Å². The first kappa shape index (κ1) is 15.6. The van der Waals surface area contributed by atoms with Gasteiger partial charge in [-0.15, -0.1) is 0 Å². The normalized spacial score (nSPS) is 25.4. The molecule has 2 aliphatic rings. The van der Waals surface area contributed by atoms with Crippen LogP contribution in [0.2, 0.25) is 0 Å². The molecule has 0 spiro atoms. The number of rotatable bonds is 5. The number of nitrogens with one attached hydrogen (secondary N) is 2. The van der Waals surface area contributed by atoms with Crippen LogP contribution in [0.5, 0.6) is 0 Å². The smallest absolute Gasteiger partial charge is 0.191 e. The monoisotopic (exact) mass is 282 g/mol. The second kappa shape index (κ2) is 9.19. The van der Waals surface area contributed by atoms with Gasteiger partial charge in [-0.05, 0) is 38.8 Å². The van der Waals surface area contributed by atoms with Crippen molar-refractivity contribution in [3.8, 4) is 0 Å². The topological polar surface area (TPSA) is 48.9 Å². The van der Waals surface area contributed by atoms with Crippen molar-refractivity contribution in [1.29, 1.82) is 0 Å². The quantitative estimate of drug-likeness (QED) is 0.588. The van der Waals surface area contributed by atoms with Crippen molar-refractivity contribution >= 4 is 5.96 Å². The van der Waals surface area contributed by atoms with Gasteiger partial charge in [0.25, 0.3) is 0 Å². The van der Waals surface area contributed by atoms with Crippen LogP contribution in [0, 0.1) is 0 Å². The maximum Gasteiger partial charge on any atom is 0.191 e. The van der Waals surface area contributed by atoms with Gasteiger partial charge in [-0.2, -0.15) is 0 Å². The van der Waals surface area contributed by atoms with Gasteiger partial charge in [-0.1, -0.05) is 12.8 Å². The molecule has 2 heterocycles. The van der Waals surface area contributed by atoms with E-state index >= 15 is 0 Å². The fourth-order valence-electron chi connectivity index (χ4n) is 2.93. The van der Waals surface area contributed by atoms with Crippen LogP contribution < -0.4 is 10.6 Å². The summed E-state index contributed by atoms with van der Waals surface area (Å²) in [6.07, 6.45) is 8.21. The first-order valence-electron chi connectivity index (χ1n) is 8.17. The third kappa shape index (κ3) is 5.67. The maximum atomic E-state index is 5.61. The second-order valence-electron chi connectivity index (χ2n) is 5.77. The van der Waals surface area contributed by atoms with Gasteiger partial charge >= 0.3 is 0 Å². The molecule has 0 radical (unpaired) electrons. The first-order chi connectivity index (χ1) is 9.88. The molecule has 0 aromatic carbocycles. The van der Waals surface area contributed by atoms with Gasteiger partial charge in [0.2, 0.25) is 0 Å². The molecule has 0 aromatic rings. The molecule has 0 aliphatic carbocycles. The number of guanidine groups is 1. The molecule has 5 heteroatoms. The third-order valence-corrected chi connectivity index (χ3v) is 4.16. The summed E-state index contributed by atoms with van der Waals surface area (Å²) < 4.78 is 5.61. The number of ether oxygens (including phenoxy) is 1. The number of hydrogen-bond donors (Lipinski definition) is 2. The highest BCUT2D eigenvalue weighted by molar-refractivity contribution is 5.79. The molecule has 20 heavy (non-hydrogen) atoms. The molecule has 2 aliphatic heterocycles. The van der Waals surface area contributed by atoms with E-state index in [-0.39, 0.29) is 0 Å². The Balaban J connectivity index is 1.58. The number of nitrogens with zero attached hydrogens (tertiary/aromatic N) is 2. The van der Waals surface area contributed by atoms with Crippen LogP contribution in [0.25, 0.3) is 0 Å². The van der Waals surface area contributed by atoms with Crippen LogP contribution in [-0.2, 0) is 4.74 Å². The van der Waals surface area contributed by atoms with Gasteiger partial charge in [0, 0.05) is 33.3 Å². The van der Waals surface area contributed by atoms with Gasteiger partial charge in [0.05, 0.1) is 6.10 Å². The Morgan fingerprint density at radius 3 is 2.60 bits per heavy atom. The molecular formula is C15H30N4O. The largest absolute Gasteiger partial charge is 0.376 e. The predicted molar refractivity (Wildman–Crippen MR) is 83.2 cm³/mol. The molecule has 116 valence electrons. The summed E-state index contributed by atoms with van der Waals surface area (Å²) >= 11 is 0. The summed E-state index contributed by atoms with van der Waals surface area (Å²) in [7, 11) is 1.83. The third-order valence-electron chi connectivity index (χ3n) is 4.16. The van der Waals surface area contributed by atoms with Crippen LogP contribution >= 0.6 is 0 Å². The Morgan fingerprint density at radius 2 is 1.95 bits per heavy atom. The Morgan fingerprint density at radius 1 is 1.15 bits per heavy atom. The van der Waals surface area contributed by atoms with Crippen molar-refractivity contribution in [2.75, 3.05) is 46.4 Å². The molecule has 0 bridgehead atoms. The first-order valence-corrected chi connectivity index (χ1v) is 8.17. The summed E-state index contributed by atoms with van der Waals surface area (Å²) in [6.45, 7) is 6.36. The highest BCUT2D eigenvalue weighted by Crippen LogP contribution is 2.10. The van der Waals surface area contributed by atoms with E-state index in [0.29, 0.717) is 6.10 Å². The fraction of sp³-hybridized carbons (Fsp3) is 0.933. The lowest BCUT2D eigenvalue weighted by Crippen LogP contribution is -2.44. The molecule has 2 saturated heterocycles. The average molecular weight is 282 g/mol. The summed E-state index contributed by atoms with van der Waals surface area (Å²) in [5.41, 5.74) is 0. The van der Waals surface area contributed by atoms with Gasteiger partial charge in [0.1, 0.15) is 0 Å². The molecule has 5 nitrogen and oxygen atoms in total. The Kier molecular flexibility index (Phi) is 7.15. The molecule has 2 rings (SSSR count). The lowest BCUT2D eigenvalue weighted by atomic mass is 10.2. The summed E-state index contributed by atoms with van der Waals surface area (Å²) in [5, 5.41) is 6.76. The van der Waals surface area contributed by atoms with E-state index in [9.17, 15) is 0 Å². The van der Waals surface area contributed by atoms with Crippen LogP contribution in [0.15, 0.2) is 4.99 Å². The highest BCUT2D eigenvalue weighted by Gasteiger charge is 2.15. The van der Waals surface area contributed by atoms with E-state index in [2.05, 4.69) is 20.5 Å². The molecular weight excluding hydrogens is 252 g/mol. The highest BCUT2D eigenvalue weighted by atomic mass is 16.5. The molecule has 0 aromatic heterocycles. The zero-order valence-corrected chi connectivity index (χ0v) is 12.9. The van der Waals surface area contributed by atoms with Crippen molar-refractivity contribution in [1.82, 2.24) is 15.5 Å². The minimum atomic E-state index is 0.360. The second-order valence-corrected chi connectivity index (χ2v) is 5.77. The zero-order chi connectivity index (χ0) is 14.0. The zero-order valence-electron chi connectivity index (χ0n) is 12.9. The van der Waals surface area contributed by atoms with E-state index in [1.165, 1.54) is 45.2 Å². The number of aliphatic imine (C=N–C) groups is 1. The van der Waals surface area contributed by atoms with Gasteiger partial charge < -0.3 is 20.3 Å². The molecule has 0 saturated carbocycles. The minimum Gasteiger partial charge on any atom is -0.376 e. The molecule has 1 atom stereocenters. The van der Waals surface area contributed by atoms with Crippen molar-refractivity contribution in [3.63, 3.8) is 0 Å². The molecule has 0 amide bonds. The van der Waals surface area contributed by atoms with Crippen LogP contribution in [0.1, 0.15) is 38.5 Å². The lowest BCUT2D eigenvalue weighted by Gasteiger charge is -2.21. The van der Waals surface area contributed by atoms with E-state index in [4.69, 9.17) is 4.74 Å². The lowest BCUT2D eigenvalue weighted by molar-refractivity contribution is 0.114. The SMILES string of the molecule is CN=C(NCCN1CCCCCC1)NCC1CCCO1. The van der Waals surface area contributed by atoms with Gasteiger partial charge in [-0.25, -0.2) is 0 Å². The van der Waals surface area contributed by atoms with Crippen molar-refractivity contribution in [2.45, 2.75) is 44.6 Å². The standard InChI is InChI=1S/C15H30N4O/c1-16-15(18-13-14-7-6-12-20-14)17-8-11-19-9-4-2-3-5-10-19/h14H,2-13H2,1H3,(H2,16,17,18). The van der Waals surface area contributed by atoms with Gasteiger partial charge in [-0.3, -0.25) is 4.99 Å². The van der Waals surface area contributed by atoms with Crippen LogP contribution in [-0.4, -0.2) is 63.3 Å². The van der Waals surface area contributed by atoms with Crippen LogP contribution in [0.4, 0.5) is 0 Å². The molecule has 2 N–H and O–H groups in total. The average Bonchev–Trinajstić information content (AvgIpc) is 2.85. The Hall–Kier alpha value is -0.810. The Labute approximate surface area is 123 Å².